The second kappa shape index (κ2) is 12.0. The fourth-order valence-electron chi connectivity index (χ4n) is 1.60. The molecule has 0 unspecified atom stereocenters. The average Bonchev–Trinajstić information content (AvgIpc) is 2.34. The van der Waals surface area contributed by atoms with Gasteiger partial charge >= 0.3 is 0 Å². The molecule has 1 aliphatic heterocycles. The van der Waals surface area contributed by atoms with Crippen molar-refractivity contribution in [3.8, 4) is 0 Å². The molecule has 1 rings (SSSR count). The molecular formula is C13H32N2. The monoisotopic (exact) mass is 216 g/mol. The molecule has 15 heavy (non-hydrogen) atoms. The summed E-state index contributed by atoms with van der Waals surface area (Å²) in [5.74, 6) is 0. The smallest absolute Gasteiger partial charge is 0.0113 e. The lowest BCUT2D eigenvalue weighted by molar-refractivity contribution is 0.112. The molecule has 0 aromatic carbocycles. The number of likely N-dealkylation sites (N-methyl/N-ethyl adjacent to an activating group) is 1. The Balaban J connectivity index is 0. The van der Waals surface area contributed by atoms with Crippen molar-refractivity contribution in [1.82, 2.24) is 9.80 Å². The van der Waals surface area contributed by atoms with Gasteiger partial charge in [-0.3, -0.25) is 4.90 Å². The van der Waals surface area contributed by atoms with Crippen molar-refractivity contribution in [2.45, 2.75) is 54.5 Å². The summed E-state index contributed by atoms with van der Waals surface area (Å²) in [5, 5.41) is 0. The lowest BCUT2D eigenvalue weighted by Crippen LogP contribution is -2.48. The van der Waals surface area contributed by atoms with Crippen molar-refractivity contribution >= 4 is 0 Å². The SMILES string of the molecule is CC.CC.CCN1CCN(C(C)C)CC1. The normalized spacial score (nSPS) is 17.6. The summed E-state index contributed by atoms with van der Waals surface area (Å²) in [6.45, 7) is 21.0. The van der Waals surface area contributed by atoms with E-state index in [4.69, 9.17) is 0 Å². The average molecular weight is 216 g/mol. The Bertz CT molecular complexity index is 105. The molecule has 0 aliphatic carbocycles. The van der Waals surface area contributed by atoms with Gasteiger partial charge in [-0.1, -0.05) is 34.6 Å². The molecule has 0 bridgehead atoms. The molecule has 1 fully saturated rings. The third-order valence-corrected chi connectivity index (χ3v) is 2.58. The van der Waals surface area contributed by atoms with Crippen molar-refractivity contribution in [2.75, 3.05) is 32.7 Å². The Morgan fingerprint density at radius 3 is 1.53 bits per heavy atom. The Morgan fingerprint density at radius 2 is 1.27 bits per heavy atom. The molecule has 0 saturated carbocycles. The molecule has 0 aromatic heterocycles. The molecule has 2 heteroatoms. The first-order valence-corrected chi connectivity index (χ1v) is 6.70. The standard InChI is InChI=1S/C9H20N2.2C2H6/c1-4-10-5-7-11(8-6-10)9(2)3;2*1-2/h9H,4-8H2,1-3H3;2*1-2H3. The van der Waals surface area contributed by atoms with Gasteiger partial charge in [-0.2, -0.15) is 0 Å². The van der Waals surface area contributed by atoms with Gasteiger partial charge in [-0.15, -0.1) is 0 Å². The largest absolute Gasteiger partial charge is 0.301 e. The number of rotatable bonds is 2. The molecule has 1 saturated heterocycles. The van der Waals surface area contributed by atoms with E-state index in [9.17, 15) is 0 Å². The summed E-state index contributed by atoms with van der Waals surface area (Å²) < 4.78 is 0. The minimum absolute atomic E-state index is 0.731. The molecule has 0 amide bonds. The van der Waals surface area contributed by atoms with Gasteiger partial charge in [-0.25, -0.2) is 0 Å². The fourth-order valence-corrected chi connectivity index (χ4v) is 1.60. The topological polar surface area (TPSA) is 6.48 Å². The summed E-state index contributed by atoms with van der Waals surface area (Å²) >= 11 is 0. The highest BCUT2D eigenvalue weighted by Gasteiger charge is 2.16. The summed E-state index contributed by atoms with van der Waals surface area (Å²) in [6, 6.07) is 0.731. The third-order valence-electron chi connectivity index (χ3n) is 2.58. The number of piperazine rings is 1. The van der Waals surface area contributed by atoms with Gasteiger partial charge in [0.15, 0.2) is 0 Å². The van der Waals surface area contributed by atoms with Crippen LogP contribution < -0.4 is 0 Å². The van der Waals surface area contributed by atoms with Crippen LogP contribution in [0.1, 0.15) is 48.5 Å². The van der Waals surface area contributed by atoms with Crippen LogP contribution in [-0.2, 0) is 0 Å². The Labute approximate surface area is 97.6 Å². The molecule has 0 atom stereocenters. The third kappa shape index (κ3) is 7.80. The minimum Gasteiger partial charge on any atom is -0.301 e. The fraction of sp³-hybridized carbons (Fsp3) is 1.00. The van der Waals surface area contributed by atoms with E-state index in [1.54, 1.807) is 0 Å². The van der Waals surface area contributed by atoms with Crippen molar-refractivity contribution in [2.24, 2.45) is 0 Å². The molecule has 1 heterocycles. The zero-order valence-electron chi connectivity index (χ0n) is 12.0. The van der Waals surface area contributed by atoms with Crippen LogP contribution >= 0.6 is 0 Å². The molecule has 94 valence electrons. The number of nitrogens with zero attached hydrogens (tertiary/aromatic N) is 2. The van der Waals surface area contributed by atoms with E-state index < -0.39 is 0 Å². The number of hydrogen-bond acceptors (Lipinski definition) is 2. The first-order valence-electron chi connectivity index (χ1n) is 6.70. The molecule has 0 spiro atoms. The van der Waals surface area contributed by atoms with E-state index in [1.807, 2.05) is 27.7 Å². The van der Waals surface area contributed by atoms with E-state index in [2.05, 4.69) is 30.6 Å². The molecule has 0 aromatic rings. The molecule has 1 aliphatic rings. The van der Waals surface area contributed by atoms with Crippen LogP contribution in [0.15, 0.2) is 0 Å². The Morgan fingerprint density at radius 1 is 0.867 bits per heavy atom. The van der Waals surface area contributed by atoms with E-state index in [0.717, 1.165) is 6.04 Å². The van der Waals surface area contributed by atoms with Crippen LogP contribution in [0.2, 0.25) is 0 Å². The highest BCUT2D eigenvalue weighted by molar-refractivity contribution is 4.72. The summed E-state index contributed by atoms with van der Waals surface area (Å²) in [6.07, 6.45) is 0. The van der Waals surface area contributed by atoms with Gasteiger partial charge in [0.05, 0.1) is 0 Å². The highest BCUT2D eigenvalue weighted by atomic mass is 15.3. The van der Waals surface area contributed by atoms with E-state index >= 15 is 0 Å². The van der Waals surface area contributed by atoms with E-state index in [1.165, 1.54) is 32.7 Å². The molecular weight excluding hydrogens is 184 g/mol. The van der Waals surface area contributed by atoms with Crippen LogP contribution in [0.4, 0.5) is 0 Å². The van der Waals surface area contributed by atoms with E-state index in [0.29, 0.717) is 0 Å². The summed E-state index contributed by atoms with van der Waals surface area (Å²) in [4.78, 5) is 5.06. The Kier molecular flexibility index (Phi) is 13.8. The summed E-state index contributed by atoms with van der Waals surface area (Å²) in [7, 11) is 0. The maximum atomic E-state index is 2.55. The van der Waals surface area contributed by atoms with Crippen LogP contribution in [0.3, 0.4) is 0 Å². The van der Waals surface area contributed by atoms with E-state index in [-0.39, 0.29) is 0 Å². The van der Waals surface area contributed by atoms with Gasteiger partial charge in [0.2, 0.25) is 0 Å². The van der Waals surface area contributed by atoms with Gasteiger partial charge in [-0.05, 0) is 20.4 Å². The van der Waals surface area contributed by atoms with Crippen molar-refractivity contribution in [3.05, 3.63) is 0 Å². The van der Waals surface area contributed by atoms with Crippen LogP contribution in [0.25, 0.3) is 0 Å². The molecule has 0 N–H and O–H groups in total. The van der Waals surface area contributed by atoms with Gasteiger partial charge < -0.3 is 4.90 Å². The zero-order chi connectivity index (χ0) is 12.3. The Hall–Kier alpha value is -0.0800. The maximum Gasteiger partial charge on any atom is 0.0113 e. The summed E-state index contributed by atoms with van der Waals surface area (Å²) in [5.41, 5.74) is 0. The molecule has 0 radical (unpaired) electrons. The van der Waals surface area contributed by atoms with Crippen molar-refractivity contribution in [1.29, 1.82) is 0 Å². The second-order valence-corrected chi connectivity index (χ2v) is 3.56. The van der Waals surface area contributed by atoms with Crippen molar-refractivity contribution < 1.29 is 0 Å². The number of hydrogen-bond donors (Lipinski definition) is 0. The van der Waals surface area contributed by atoms with Gasteiger partial charge in [0.25, 0.3) is 0 Å². The van der Waals surface area contributed by atoms with Crippen LogP contribution in [-0.4, -0.2) is 48.6 Å². The lowest BCUT2D eigenvalue weighted by Gasteiger charge is -2.36. The van der Waals surface area contributed by atoms with Crippen LogP contribution in [0.5, 0.6) is 0 Å². The van der Waals surface area contributed by atoms with Gasteiger partial charge in [0.1, 0.15) is 0 Å². The minimum atomic E-state index is 0.731. The highest BCUT2D eigenvalue weighted by Crippen LogP contribution is 2.04. The van der Waals surface area contributed by atoms with Crippen molar-refractivity contribution in [3.63, 3.8) is 0 Å². The predicted molar refractivity (Wildman–Crippen MR) is 71.5 cm³/mol. The molecule has 2 nitrogen and oxygen atoms in total. The second-order valence-electron chi connectivity index (χ2n) is 3.56. The first kappa shape index (κ1) is 17.3. The first-order chi connectivity index (χ1) is 7.24. The quantitative estimate of drug-likeness (QED) is 0.700. The lowest BCUT2D eigenvalue weighted by atomic mass is 10.2. The maximum absolute atomic E-state index is 2.55. The zero-order valence-corrected chi connectivity index (χ0v) is 12.0. The predicted octanol–water partition coefficient (Wildman–Crippen LogP) is 3.08. The van der Waals surface area contributed by atoms with Gasteiger partial charge in [0, 0.05) is 32.2 Å². The van der Waals surface area contributed by atoms with Crippen LogP contribution in [0, 0.1) is 0 Å².